The Hall–Kier alpha value is -2.91. The van der Waals surface area contributed by atoms with Crippen LogP contribution >= 0.6 is 0 Å². The predicted molar refractivity (Wildman–Crippen MR) is 113 cm³/mol. The molecule has 0 radical (unpaired) electrons. The lowest BCUT2D eigenvalue weighted by Crippen LogP contribution is -2.35. The summed E-state index contributed by atoms with van der Waals surface area (Å²) in [6.45, 7) is 0.896. The van der Waals surface area contributed by atoms with Gasteiger partial charge >= 0.3 is 0 Å². The molecule has 0 spiro atoms. The Morgan fingerprint density at radius 3 is 2.20 bits per heavy atom. The van der Waals surface area contributed by atoms with E-state index in [2.05, 4.69) is 5.32 Å². The van der Waals surface area contributed by atoms with Gasteiger partial charge in [0.15, 0.2) is 6.61 Å². The lowest BCUT2D eigenvalue weighted by Gasteiger charge is -2.25. The molecule has 2 amide bonds. The van der Waals surface area contributed by atoms with E-state index in [4.69, 9.17) is 10.5 Å². The van der Waals surface area contributed by atoms with Crippen LogP contribution in [0.3, 0.4) is 0 Å². The first-order valence-electron chi connectivity index (χ1n) is 9.75. The van der Waals surface area contributed by atoms with Crippen LogP contribution < -0.4 is 15.8 Å². The second-order valence-corrected chi connectivity index (χ2v) is 9.05. The maximum atomic E-state index is 12.7. The van der Waals surface area contributed by atoms with Gasteiger partial charge in [-0.1, -0.05) is 18.6 Å². The minimum atomic E-state index is -3.48. The number of rotatable bonds is 8. The molecule has 3 rings (SSSR count). The molecule has 9 heteroatoms. The number of piperidine rings is 1. The molecule has 3 N–H and O–H groups in total. The van der Waals surface area contributed by atoms with Crippen molar-refractivity contribution in [1.82, 2.24) is 4.31 Å². The van der Waals surface area contributed by atoms with E-state index in [1.807, 2.05) is 0 Å². The van der Waals surface area contributed by atoms with Gasteiger partial charge < -0.3 is 15.8 Å². The van der Waals surface area contributed by atoms with Crippen LogP contribution in [0.2, 0.25) is 0 Å². The molecular weight excluding hydrogens is 406 g/mol. The normalized spacial score (nSPS) is 14.8. The van der Waals surface area contributed by atoms with E-state index < -0.39 is 15.9 Å². The van der Waals surface area contributed by atoms with Gasteiger partial charge in [0, 0.05) is 18.8 Å². The third-order valence-electron chi connectivity index (χ3n) is 4.76. The summed E-state index contributed by atoms with van der Waals surface area (Å²) in [5, 5.41) is 2.77. The molecule has 0 atom stereocenters. The van der Waals surface area contributed by atoms with Crippen molar-refractivity contribution in [1.29, 1.82) is 0 Å². The predicted octanol–water partition coefficient (Wildman–Crippen LogP) is 1.91. The third-order valence-corrected chi connectivity index (χ3v) is 6.67. The third kappa shape index (κ3) is 5.80. The average Bonchev–Trinajstić information content (AvgIpc) is 2.74. The summed E-state index contributed by atoms with van der Waals surface area (Å²) in [5.41, 5.74) is 6.32. The number of carbonyl (C=O) groups excluding carboxylic acids is 2. The highest BCUT2D eigenvalue weighted by Gasteiger charge is 2.25. The first kappa shape index (κ1) is 21.8. The van der Waals surface area contributed by atoms with Crippen molar-refractivity contribution in [2.24, 2.45) is 5.73 Å². The van der Waals surface area contributed by atoms with E-state index in [1.54, 1.807) is 48.5 Å². The zero-order valence-corrected chi connectivity index (χ0v) is 17.4. The molecule has 1 aliphatic rings. The zero-order valence-electron chi connectivity index (χ0n) is 16.5. The van der Waals surface area contributed by atoms with Crippen molar-refractivity contribution >= 4 is 27.5 Å². The first-order valence-corrected chi connectivity index (χ1v) is 11.2. The van der Waals surface area contributed by atoms with E-state index in [-0.39, 0.29) is 23.8 Å². The average molecular weight is 432 g/mol. The number of nitrogens with zero attached hydrogens (tertiary/aromatic N) is 1. The van der Waals surface area contributed by atoms with E-state index in [0.717, 1.165) is 19.3 Å². The Morgan fingerprint density at radius 2 is 1.60 bits per heavy atom. The van der Waals surface area contributed by atoms with Crippen molar-refractivity contribution < 1.29 is 22.7 Å². The van der Waals surface area contributed by atoms with Crippen molar-refractivity contribution in [3.8, 4) is 5.75 Å². The van der Waals surface area contributed by atoms with Crippen LogP contribution in [0.25, 0.3) is 0 Å². The lowest BCUT2D eigenvalue weighted by molar-refractivity contribution is -0.120. The zero-order chi connectivity index (χ0) is 21.6. The molecule has 2 aromatic carbocycles. The van der Waals surface area contributed by atoms with Gasteiger partial charge in [-0.15, -0.1) is 0 Å². The second-order valence-electron chi connectivity index (χ2n) is 7.11. The monoisotopic (exact) mass is 431 g/mol. The Labute approximate surface area is 176 Å². The standard InChI is InChI=1S/C21H25N3O5S/c22-20(25)15-29-18-8-6-17(7-9-18)23-21(26)14-16-4-10-19(11-5-16)30(27,28)24-12-2-1-3-13-24/h4-11H,1-3,12-15H2,(H2,22,25)(H,23,26). The molecule has 2 aromatic rings. The molecule has 0 aliphatic carbocycles. The summed E-state index contributed by atoms with van der Waals surface area (Å²) in [5.74, 6) is -0.327. The summed E-state index contributed by atoms with van der Waals surface area (Å²) in [7, 11) is -3.48. The van der Waals surface area contributed by atoms with Gasteiger partial charge in [-0.25, -0.2) is 8.42 Å². The largest absolute Gasteiger partial charge is 0.484 e. The molecule has 30 heavy (non-hydrogen) atoms. The summed E-state index contributed by atoms with van der Waals surface area (Å²) in [4.78, 5) is 23.3. The van der Waals surface area contributed by atoms with Crippen LogP contribution in [0.1, 0.15) is 24.8 Å². The number of hydrogen-bond acceptors (Lipinski definition) is 5. The minimum absolute atomic E-state index is 0.115. The maximum absolute atomic E-state index is 12.7. The molecule has 0 bridgehead atoms. The van der Waals surface area contributed by atoms with E-state index in [1.165, 1.54) is 4.31 Å². The quantitative estimate of drug-likeness (QED) is 0.662. The van der Waals surface area contributed by atoms with Crippen LogP contribution in [0.4, 0.5) is 5.69 Å². The number of ether oxygens (including phenoxy) is 1. The highest BCUT2D eigenvalue weighted by atomic mass is 32.2. The fourth-order valence-electron chi connectivity index (χ4n) is 3.21. The van der Waals surface area contributed by atoms with Crippen LogP contribution in [-0.4, -0.2) is 44.2 Å². The molecule has 1 heterocycles. The van der Waals surface area contributed by atoms with Gasteiger partial charge in [0.05, 0.1) is 11.3 Å². The molecular formula is C21H25N3O5S. The highest BCUT2D eigenvalue weighted by Crippen LogP contribution is 2.21. The Morgan fingerprint density at radius 1 is 0.967 bits per heavy atom. The van der Waals surface area contributed by atoms with Crippen LogP contribution in [0.5, 0.6) is 5.75 Å². The van der Waals surface area contributed by atoms with E-state index >= 15 is 0 Å². The lowest BCUT2D eigenvalue weighted by atomic mass is 10.1. The number of carbonyl (C=O) groups is 2. The van der Waals surface area contributed by atoms with Crippen molar-refractivity contribution in [2.75, 3.05) is 25.0 Å². The molecule has 1 fully saturated rings. The second kappa shape index (κ2) is 9.73. The first-order chi connectivity index (χ1) is 14.3. The highest BCUT2D eigenvalue weighted by molar-refractivity contribution is 7.89. The Bertz CT molecular complexity index is 982. The fourth-order valence-corrected chi connectivity index (χ4v) is 4.73. The van der Waals surface area contributed by atoms with Crippen molar-refractivity contribution in [3.05, 3.63) is 54.1 Å². The molecule has 160 valence electrons. The molecule has 1 aliphatic heterocycles. The molecule has 8 nitrogen and oxygen atoms in total. The number of sulfonamides is 1. The number of hydrogen-bond donors (Lipinski definition) is 2. The number of anilines is 1. The van der Waals surface area contributed by atoms with Gasteiger partial charge in [-0.3, -0.25) is 9.59 Å². The summed E-state index contributed by atoms with van der Waals surface area (Å²) < 4.78 is 32.1. The van der Waals surface area contributed by atoms with Crippen molar-refractivity contribution in [2.45, 2.75) is 30.6 Å². The van der Waals surface area contributed by atoms with Gasteiger partial charge in [-0.2, -0.15) is 4.31 Å². The van der Waals surface area contributed by atoms with E-state index in [9.17, 15) is 18.0 Å². The number of nitrogens with two attached hydrogens (primary N) is 1. The number of primary amides is 1. The number of nitrogens with one attached hydrogen (secondary N) is 1. The molecule has 0 aromatic heterocycles. The molecule has 0 unspecified atom stereocenters. The van der Waals surface area contributed by atoms with Gasteiger partial charge in [-0.05, 0) is 54.8 Å². The smallest absolute Gasteiger partial charge is 0.255 e. The van der Waals surface area contributed by atoms with Crippen LogP contribution in [-0.2, 0) is 26.0 Å². The Kier molecular flexibility index (Phi) is 7.07. The van der Waals surface area contributed by atoms with Crippen LogP contribution in [0.15, 0.2) is 53.4 Å². The SMILES string of the molecule is NC(=O)COc1ccc(NC(=O)Cc2ccc(S(=O)(=O)N3CCCCC3)cc2)cc1. The van der Waals surface area contributed by atoms with Crippen molar-refractivity contribution in [3.63, 3.8) is 0 Å². The summed E-state index contributed by atoms with van der Waals surface area (Å²) in [6.07, 6.45) is 2.94. The number of benzene rings is 2. The fraction of sp³-hybridized carbons (Fsp3) is 0.333. The van der Waals surface area contributed by atoms with E-state index in [0.29, 0.717) is 30.1 Å². The maximum Gasteiger partial charge on any atom is 0.255 e. The summed E-state index contributed by atoms with van der Waals surface area (Å²) >= 11 is 0. The van der Waals surface area contributed by atoms with Crippen LogP contribution in [0, 0.1) is 0 Å². The molecule has 1 saturated heterocycles. The number of amides is 2. The Balaban J connectivity index is 1.56. The van der Waals surface area contributed by atoms with Gasteiger partial charge in [0.2, 0.25) is 15.9 Å². The van der Waals surface area contributed by atoms with Gasteiger partial charge in [0.1, 0.15) is 5.75 Å². The topological polar surface area (TPSA) is 119 Å². The molecule has 0 saturated carbocycles. The summed E-state index contributed by atoms with van der Waals surface area (Å²) in [6, 6.07) is 13.0. The minimum Gasteiger partial charge on any atom is -0.484 e. The van der Waals surface area contributed by atoms with Gasteiger partial charge in [0.25, 0.3) is 5.91 Å².